The van der Waals surface area contributed by atoms with Crippen LogP contribution in [0.5, 0.6) is 0 Å². The van der Waals surface area contributed by atoms with Gasteiger partial charge in [-0.1, -0.05) is 55.5 Å². The van der Waals surface area contributed by atoms with Crippen LogP contribution < -0.4 is 0 Å². The summed E-state index contributed by atoms with van der Waals surface area (Å²) in [7, 11) is 2.96. The molecule has 136 valence electrons. The number of hydrogen-bond acceptors (Lipinski definition) is 4. The summed E-state index contributed by atoms with van der Waals surface area (Å²) in [5, 5.41) is 0. The van der Waals surface area contributed by atoms with E-state index < -0.39 is 12.0 Å². The van der Waals surface area contributed by atoms with Gasteiger partial charge in [0.25, 0.3) is 0 Å². The fourth-order valence-corrected chi connectivity index (χ4v) is 3.47. The van der Waals surface area contributed by atoms with Crippen LogP contribution in [-0.4, -0.2) is 44.3 Å². The Morgan fingerprint density at radius 3 is 2.12 bits per heavy atom. The van der Waals surface area contributed by atoms with Crippen LogP contribution in [0, 0.1) is 5.92 Å². The first-order valence-corrected chi connectivity index (χ1v) is 8.67. The molecule has 0 saturated carbocycles. The van der Waals surface area contributed by atoms with E-state index in [1.165, 1.54) is 34.3 Å². The lowest BCUT2D eigenvalue weighted by atomic mass is 9.98. The predicted molar refractivity (Wildman–Crippen MR) is 98.9 cm³/mol. The van der Waals surface area contributed by atoms with Crippen molar-refractivity contribution in [2.75, 3.05) is 27.3 Å². The fraction of sp³-hybridized carbons (Fsp3) is 0.333. The second kappa shape index (κ2) is 7.60. The molecule has 0 heterocycles. The number of fused-ring (bicyclic) bond motifs is 3. The van der Waals surface area contributed by atoms with Crippen molar-refractivity contribution in [3.05, 3.63) is 59.7 Å². The van der Waals surface area contributed by atoms with Crippen molar-refractivity contribution >= 4 is 12.1 Å². The van der Waals surface area contributed by atoms with E-state index in [2.05, 4.69) is 24.3 Å². The zero-order valence-electron chi connectivity index (χ0n) is 15.3. The van der Waals surface area contributed by atoms with Crippen LogP contribution >= 0.6 is 0 Å². The van der Waals surface area contributed by atoms with Gasteiger partial charge in [-0.3, -0.25) is 4.79 Å². The third-order valence-electron chi connectivity index (χ3n) is 4.80. The molecule has 0 aliphatic heterocycles. The van der Waals surface area contributed by atoms with Crippen LogP contribution in [0.25, 0.3) is 11.1 Å². The lowest BCUT2D eigenvalue weighted by Crippen LogP contribution is -2.35. The molecule has 1 aliphatic rings. The third-order valence-corrected chi connectivity index (χ3v) is 4.80. The predicted octanol–water partition coefficient (Wildman–Crippen LogP) is 3.68. The summed E-state index contributed by atoms with van der Waals surface area (Å²) in [6.07, 6.45) is -0.442. The van der Waals surface area contributed by atoms with Crippen molar-refractivity contribution in [3.8, 4) is 11.1 Å². The lowest BCUT2D eigenvalue weighted by molar-refractivity contribution is -0.145. The highest BCUT2D eigenvalue weighted by Crippen LogP contribution is 2.44. The molecule has 0 saturated heterocycles. The van der Waals surface area contributed by atoms with E-state index in [1.807, 2.05) is 24.3 Å². The number of methoxy groups -OCH3 is 1. The lowest BCUT2D eigenvalue weighted by Gasteiger charge is -2.21. The molecule has 1 unspecified atom stereocenters. The Morgan fingerprint density at radius 2 is 1.58 bits per heavy atom. The van der Waals surface area contributed by atoms with Crippen LogP contribution in [0.2, 0.25) is 0 Å². The second-order valence-electron chi connectivity index (χ2n) is 6.61. The smallest absolute Gasteiger partial charge is 0.409 e. The molecule has 5 heteroatoms. The molecule has 0 fully saturated rings. The summed E-state index contributed by atoms with van der Waals surface area (Å²) in [5.74, 6) is -0.716. The Labute approximate surface area is 153 Å². The van der Waals surface area contributed by atoms with Crippen molar-refractivity contribution in [1.82, 2.24) is 4.90 Å². The van der Waals surface area contributed by atoms with Crippen molar-refractivity contribution in [3.63, 3.8) is 0 Å². The molecule has 1 amide bonds. The Balaban J connectivity index is 1.68. The molecule has 1 atom stereocenters. The van der Waals surface area contributed by atoms with Crippen LogP contribution in [0.4, 0.5) is 4.79 Å². The van der Waals surface area contributed by atoms with Crippen LogP contribution in [0.3, 0.4) is 0 Å². The molecule has 0 bridgehead atoms. The van der Waals surface area contributed by atoms with E-state index in [9.17, 15) is 9.59 Å². The number of carbonyl (C=O) groups excluding carboxylic acids is 2. The topological polar surface area (TPSA) is 55.8 Å². The van der Waals surface area contributed by atoms with Gasteiger partial charge in [0.2, 0.25) is 0 Å². The number of ether oxygens (including phenoxy) is 2. The molecule has 1 aliphatic carbocycles. The Morgan fingerprint density at radius 1 is 1.04 bits per heavy atom. The highest BCUT2D eigenvalue weighted by atomic mass is 16.6. The van der Waals surface area contributed by atoms with Gasteiger partial charge in [-0.25, -0.2) is 4.79 Å². The van der Waals surface area contributed by atoms with Gasteiger partial charge in [-0.05, 0) is 22.3 Å². The molecule has 0 N–H and O–H groups in total. The van der Waals surface area contributed by atoms with Gasteiger partial charge in [-0.2, -0.15) is 0 Å². The Bertz CT molecular complexity index is 772. The largest absolute Gasteiger partial charge is 0.469 e. The summed E-state index contributed by atoms with van der Waals surface area (Å²) in [6, 6.07) is 16.4. The Kier molecular flexibility index (Phi) is 5.26. The van der Waals surface area contributed by atoms with E-state index in [4.69, 9.17) is 9.47 Å². The first-order chi connectivity index (χ1) is 12.5. The molecular formula is C21H23NO4. The molecule has 3 rings (SSSR count). The van der Waals surface area contributed by atoms with E-state index in [0.29, 0.717) is 0 Å². The normalized spacial score (nSPS) is 13.5. The number of nitrogens with zero attached hydrogens (tertiary/aromatic N) is 1. The highest BCUT2D eigenvalue weighted by Gasteiger charge is 2.29. The highest BCUT2D eigenvalue weighted by molar-refractivity contribution is 5.79. The minimum absolute atomic E-state index is 0.0257. The average Bonchev–Trinajstić information content (AvgIpc) is 2.99. The summed E-state index contributed by atoms with van der Waals surface area (Å²) in [5.41, 5.74) is 4.73. The van der Waals surface area contributed by atoms with Gasteiger partial charge < -0.3 is 14.4 Å². The minimum Gasteiger partial charge on any atom is -0.469 e. The van der Waals surface area contributed by atoms with E-state index in [0.717, 1.165) is 0 Å². The van der Waals surface area contributed by atoms with Crippen molar-refractivity contribution in [2.24, 2.45) is 5.92 Å². The van der Waals surface area contributed by atoms with Crippen LogP contribution in [0.1, 0.15) is 24.0 Å². The maximum Gasteiger partial charge on any atom is 0.409 e. The molecule has 26 heavy (non-hydrogen) atoms. The Hall–Kier alpha value is -2.82. The molecule has 2 aromatic carbocycles. The number of benzene rings is 2. The number of rotatable bonds is 5. The van der Waals surface area contributed by atoms with Crippen molar-refractivity contribution in [2.45, 2.75) is 12.8 Å². The minimum atomic E-state index is -0.442. The quantitative estimate of drug-likeness (QED) is 0.770. The van der Waals surface area contributed by atoms with E-state index in [1.54, 1.807) is 14.0 Å². The number of carbonyl (C=O) groups is 2. The molecule has 0 aromatic heterocycles. The summed E-state index contributed by atoms with van der Waals surface area (Å²) in [4.78, 5) is 25.2. The van der Waals surface area contributed by atoms with E-state index in [-0.39, 0.29) is 25.0 Å². The van der Waals surface area contributed by atoms with Gasteiger partial charge in [0, 0.05) is 19.5 Å². The molecular weight excluding hydrogens is 330 g/mol. The molecule has 0 spiro atoms. The SMILES string of the molecule is COC(=O)C(C)CN(C)C(=O)OCC1c2ccccc2-c2ccccc21. The van der Waals surface area contributed by atoms with Crippen LogP contribution in [-0.2, 0) is 14.3 Å². The number of esters is 1. The monoisotopic (exact) mass is 353 g/mol. The maximum atomic E-state index is 12.3. The first-order valence-electron chi connectivity index (χ1n) is 8.67. The first kappa shape index (κ1) is 18.0. The standard InChI is InChI=1S/C21H23NO4/c1-14(20(23)25-3)12-22(2)21(24)26-13-19-17-10-6-4-8-15(17)16-9-5-7-11-18(16)19/h4-11,14,19H,12-13H2,1-3H3. The average molecular weight is 353 g/mol. The summed E-state index contributed by atoms with van der Waals surface area (Å²) < 4.78 is 10.2. The van der Waals surface area contributed by atoms with Gasteiger partial charge in [0.1, 0.15) is 6.61 Å². The van der Waals surface area contributed by atoms with Crippen molar-refractivity contribution < 1.29 is 19.1 Å². The number of hydrogen-bond donors (Lipinski definition) is 0. The van der Waals surface area contributed by atoms with Gasteiger partial charge in [0.05, 0.1) is 13.0 Å². The van der Waals surface area contributed by atoms with Gasteiger partial charge >= 0.3 is 12.1 Å². The number of amides is 1. The zero-order chi connectivity index (χ0) is 18.7. The summed E-state index contributed by atoms with van der Waals surface area (Å²) >= 11 is 0. The van der Waals surface area contributed by atoms with E-state index >= 15 is 0 Å². The van der Waals surface area contributed by atoms with Crippen molar-refractivity contribution in [1.29, 1.82) is 0 Å². The fourth-order valence-electron chi connectivity index (χ4n) is 3.47. The second-order valence-corrected chi connectivity index (χ2v) is 6.61. The summed E-state index contributed by atoms with van der Waals surface area (Å²) in [6.45, 7) is 2.24. The molecule has 0 radical (unpaired) electrons. The van der Waals surface area contributed by atoms with Gasteiger partial charge in [0.15, 0.2) is 0 Å². The van der Waals surface area contributed by atoms with Crippen LogP contribution in [0.15, 0.2) is 48.5 Å². The molecule has 5 nitrogen and oxygen atoms in total. The zero-order valence-corrected chi connectivity index (χ0v) is 15.3. The third kappa shape index (κ3) is 3.43. The molecule has 2 aromatic rings. The van der Waals surface area contributed by atoms with Gasteiger partial charge in [-0.15, -0.1) is 0 Å². The maximum absolute atomic E-state index is 12.3.